The molecule has 0 saturated carbocycles. The average Bonchev–Trinajstić information content (AvgIpc) is 2.97. The van der Waals surface area contributed by atoms with Crippen molar-refractivity contribution in [3.63, 3.8) is 0 Å². The van der Waals surface area contributed by atoms with Gasteiger partial charge < -0.3 is 30.4 Å². The van der Waals surface area contributed by atoms with Gasteiger partial charge in [0, 0.05) is 18.2 Å². The SMILES string of the molecule is CO[C@@H](CC/C=C/C(=O)Nc1ccccc1N)[C@@H](OC(=O)NC(=O)c1ccccc1)c1ccccc1OCCO. The summed E-state index contributed by atoms with van der Waals surface area (Å²) in [4.78, 5) is 37.6. The Kier molecular flexibility index (Phi) is 11.7. The second-order valence-corrected chi connectivity index (χ2v) is 8.59. The van der Waals surface area contributed by atoms with E-state index in [9.17, 15) is 19.5 Å². The number of carbonyl (C=O) groups excluding carboxylic acids is 3. The van der Waals surface area contributed by atoms with E-state index in [1.54, 1.807) is 84.9 Å². The van der Waals surface area contributed by atoms with E-state index in [0.717, 1.165) is 0 Å². The standard InChI is InChI=1S/C30H33N3O7/c1-38-26(17-9-10-18-27(35)32-24-15-7-6-14-23(24)31)28(22-13-5-8-16-25(22)39-20-19-34)40-30(37)33-29(36)21-11-3-2-4-12-21/h2-8,10-16,18,26,28,34H,9,17,19-20,31H2,1H3,(H,32,35)(H,33,36,37)/b18-10+/t26-,28-/m0/s1. The van der Waals surface area contributed by atoms with Gasteiger partial charge in [-0.3, -0.25) is 14.9 Å². The van der Waals surface area contributed by atoms with Crippen molar-refractivity contribution in [2.24, 2.45) is 0 Å². The Morgan fingerprint density at radius 1 is 0.975 bits per heavy atom. The molecule has 3 amide bonds. The Hall–Kier alpha value is -4.67. The number of aliphatic hydroxyl groups excluding tert-OH is 1. The molecular weight excluding hydrogens is 514 g/mol. The van der Waals surface area contributed by atoms with Gasteiger partial charge >= 0.3 is 6.09 Å². The fraction of sp³-hybridized carbons (Fsp3) is 0.233. The van der Waals surface area contributed by atoms with Crippen molar-refractivity contribution >= 4 is 29.3 Å². The molecule has 0 saturated heterocycles. The number of methoxy groups -OCH3 is 1. The molecule has 0 aromatic heterocycles. The van der Waals surface area contributed by atoms with E-state index in [-0.39, 0.29) is 19.1 Å². The van der Waals surface area contributed by atoms with Gasteiger partial charge in [0.25, 0.3) is 5.91 Å². The molecular formula is C30H33N3O7. The van der Waals surface area contributed by atoms with Crippen LogP contribution in [0.5, 0.6) is 5.75 Å². The third-order valence-corrected chi connectivity index (χ3v) is 5.81. The van der Waals surface area contributed by atoms with E-state index in [0.29, 0.717) is 41.1 Å². The van der Waals surface area contributed by atoms with Crippen molar-refractivity contribution in [1.82, 2.24) is 5.32 Å². The lowest BCUT2D eigenvalue weighted by molar-refractivity contribution is -0.111. The third-order valence-electron chi connectivity index (χ3n) is 5.81. The number of carbonyl (C=O) groups is 3. The molecule has 0 radical (unpaired) electrons. The van der Waals surface area contributed by atoms with Crippen LogP contribution in [0.3, 0.4) is 0 Å². The van der Waals surface area contributed by atoms with Gasteiger partial charge in [-0.2, -0.15) is 0 Å². The van der Waals surface area contributed by atoms with Crippen molar-refractivity contribution in [2.75, 3.05) is 31.4 Å². The van der Waals surface area contributed by atoms with Gasteiger partial charge in [0.15, 0.2) is 6.10 Å². The second kappa shape index (κ2) is 15.7. The number of hydrogen-bond donors (Lipinski definition) is 4. The van der Waals surface area contributed by atoms with Crippen molar-refractivity contribution in [3.05, 3.63) is 102 Å². The molecule has 3 aromatic carbocycles. The number of ether oxygens (including phenoxy) is 3. The molecule has 0 unspecified atom stereocenters. The average molecular weight is 548 g/mol. The molecule has 10 nitrogen and oxygen atoms in total. The van der Waals surface area contributed by atoms with Gasteiger partial charge in [0.05, 0.1) is 24.1 Å². The molecule has 3 aromatic rings. The topological polar surface area (TPSA) is 149 Å². The molecule has 0 bridgehead atoms. The summed E-state index contributed by atoms with van der Waals surface area (Å²) in [6.45, 7) is -0.176. The fourth-order valence-corrected chi connectivity index (χ4v) is 3.87. The molecule has 0 heterocycles. The zero-order chi connectivity index (χ0) is 28.7. The van der Waals surface area contributed by atoms with Crippen LogP contribution in [-0.4, -0.2) is 49.4 Å². The van der Waals surface area contributed by atoms with Gasteiger partial charge in [0.2, 0.25) is 5.91 Å². The number of alkyl carbamates (subject to hydrolysis) is 1. The zero-order valence-corrected chi connectivity index (χ0v) is 22.1. The first kappa shape index (κ1) is 29.9. The molecule has 210 valence electrons. The Morgan fingerprint density at radius 3 is 2.40 bits per heavy atom. The zero-order valence-electron chi connectivity index (χ0n) is 22.1. The van der Waals surface area contributed by atoms with Gasteiger partial charge in [-0.1, -0.05) is 54.6 Å². The summed E-state index contributed by atoms with van der Waals surface area (Å²) in [5.41, 5.74) is 7.62. The van der Waals surface area contributed by atoms with Crippen molar-refractivity contribution in [1.29, 1.82) is 0 Å². The lowest BCUT2D eigenvalue weighted by atomic mass is 9.99. The maximum absolute atomic E-state index is 12.8. The molecule has 0 aliphatic heterocycles. The Bertz CT molecular complexity index is 1300. The number of para-hydroxylation sites is 3. The third kappa shape index (κ3) is 8.97. The highest BCUT2D eigenvalue weighted by Crippen LogP contribution is 2.33. The molecule has 0 spiro atoms. The predicted molar refractivity (Wildman–Crippen MR) is 151 cm³/mol. The van der Waals surface area contributed by atoms with E-state index in [1.165, 1.54) is 13.2 Å². The summed E-state index contributed by atoms with van der Waals surface area (Å²) in [7, 11) is 1.47. The van der Waals surface area contributed by atoms with Gasteiger partial charge in [-0.05, 0) is 49.2 Å². The normalized spacial score (nSPS) is 12.3. The maximum atomic E-state index is 12.8. The van der Waals surface area contributed by atoms with Crippen LogP contribution >= 0.6 is 0 Å². The Balaban J connectivity index is 1.73. The number of nitrogens with two attached hydrogens (primary N) is 1. The number of rotatable bonds is 13. The van der Waals surface area contributed by atoms with Crippen molar-refractivity contribution < 1.29 is 33.7 Å². The second-order valence-electron chi connectivity index (χ2n) is 8.59. The van der Waals surface area contributed by atoms with Crippen LogP contribution in [0, 0.1) is 0 Å². The highest BCUT2D eigenvalue weighted by atomic mass is 16.6. The van der Waals surface area contributed by atoms with Crippen LogP contribution in [0.25, 0.3) is 0 Å². The summed E-state index contributed by atoms with van der Waals surface area (Å²) in [6.07, 6.45) is 1.20. The minimum absolute atomic E-state index is 0.0316. The largest absolute Gasteiger partial charge is 0.491 e. The highest BCUT2D eigenvalue weighted by molar-refractivity contribution is 6.03. The number of hydrogen-bond acceptors (Lipinski definition) is 8. The number of amides is 3. The monoisotopic (exact) mass is 547 g/mol. The first-order valence-corrected chi connectivity index (χ1v) is 12.7. The van der Waals surface area contributed by atoms with Gasteiger partial charge in [0.1, 0.15) is 12.4 Å². The van der Waals surface area contributed by atoms with Crippen LogP contribution in [0.2, 0.25) is 0 Å². The number of anilines is 2. The van der Waals surface area contributed by atoms with E-state index in [1.807, 2.05) is 0 Å². The Labute approximate surface area is 232 Å². The minimum atomic E-state index is -0.977. The number of nitrogen functional groups attached to an aromatic ring is 1. The van der Waals surface area contributed by atoms with E-state index < -0.39 is 24.2 Å². The first-order chi connectivity index (χ1) is 19.4. The molecule has 2 atom stereocenters. The minimum Gasteiger partial charge on any atom is -0.491 e. The molecule has 40 heavy (non-hydrogen) atoms. The smallest absolute Gasteiger partial charge is 0.414 e. The summed E-state index contributed by atoms with van der Waals surface area (Å²) >= 11 is 0. The molecule has 0 fully saturated rings. The van der Waals surface area contributed by atoms with Crippen LogP contribution in [0.1, 0.15) is 34.9 Å². The highest BCUT2D eigenvalue weighted by Gasteiger charge is 2.30. The molecule has 0 aliphatic rings. The quantitative estimate of drug-likeness (QED) is 0.183. The molecule has 3 rings (SSSR count). The number of aliphatic hydroxyl groups is 1. The van der Waals surface area contributed by atoms with Gasteiger partial charge in [-0.25, -0.2) is 4.79 Å². The molecule has 10 heteroatoms. The van der Waals surface area contributed by atoms with Crippen LogP contribution in [-0.2, 0) is 14.3 Å². The number of nitrogens with one attached hydrogen (secondary N) is 2. The number of imide groups is 1. The summed E-state index contributed by atoms with van der Waals surface area (Å²) in [5, 5.41) is 14.2. The van der Waals surface area contributed by atoms with Crippen LogP contribution in [0.4, 0.5) is 16.2 Å². The summed E-state index contributed by atoms with van der Waals surface area (Å²) in [5.74, 6) is -0.571. The van der Waals surface area contributed by atoms with E-state index >= 15 is 0 Å². The van der Waals surface area contributed by atoms with Crippen molar-refractivity contribution in [2.45, 2.75) is 25.0 Å². The Morgan fingerprint density at radius 2 is 1.68 bits per heavy atom. The number of benzene rings is 3. The van der Waals surface area contributed by atoms with Gasteiger partial charge in [-0.15, -0.1) is 0 Å². The first-order valence-electron chi connectivity index (χ1n) is 12.7. The summed E-state index contributed by atoms with van der Waals surface area (Å²) in [6, 6.07) is 22.1. The molecule has 5 N–H and O–H groups in total. The van der Waals surface area contributed by atoms with Crippen LogP contribution < -0.4 is 21.1 Å². The maximum Gasteiger partial charge on any atom is 0.414 e. The summed E-state index contributed by atoms with van der Waals surface area (Å²) < 4.78 is 17.1. The predicted octanol–water partition coefficient (Wildman–Crippen LogP) is 4.24. The number of allylic oxidation sites excluding steroid dienone is 1. The lowest BCUT2D eigenvalue weighted by Crippen LogP contribution is -2.35. The van der Waals surface area contributed by atoms with Crippen LogP contribution in [0.15, 0.2) is 91.0 Å². The van der Waals surface area contributed by atoms with E-state index in [2.05, 4.69) is 10.6 Å². The van der Waals surface area contributed by atoms with E-state index in [4.69, 9.17) is 19.9 Å². The fourth-order valence-electron chi connectivity index (χ4n) is 3.87. The lowest BCUT2D eigenvalue weighted by Gasteiger charge is -2.27. The molecule has 0 aliphatic carbocycles. The van der Waals surface area contributed by atoms with Crippen molar-refractivity contribution in [3.8, 4) is 5.75 Å².